The molecule has 158 valence electrons. The highest BCUT2D eigenvalue weighted by Crippen LogP contribution is 2.21. The van der Waals surface area contributed by atoms with Gasteiger partial charge in [0.05, 0.1) is 10.4 Å². The van der Waals surface area contributed by atoms with Crippen LogP contribution in [-0.2, 0) is 9.53 Å². The summed E-state index contributed by atoms with van der Waals surface area (Å²) in [5.41, 5.74) is 7.01. The number of hydrogen-bond donors (Lipinski definition) is 3. The van der Waals surface area contributed by atoms with Crippen LogP contribution < -0.4 is 16.2 Å². The highest BCUT2D eigenvalue weighted by atomic mass is 32.1. The molecule has 1 aliphatic rings. The maximum absolute atomic E-state index is 12.4. The van der Waals surface area contributed by atoms with Crippen LogP contribution >= 0.6 is 11.3 Å². The number of anilines is 1. The van der Waals surface area contributed by atoms with Crippen molar-refractivity contribution in [2.45, 2.75) is 32.1 Å². The molecule has 3 N–H and O–H groups in total. The number of benzene rings is 1. The van der Waals surface area contributed by atoms with E-state index < -0.39 is 24.4 Å². The summed E-state index contributed by atoms with van der Waals surface area (Å²) in [4.78, 5) is 36.5. The summed E-state index contributed by atoms with van der Waals surface area (Å²) in [6, 6.07) is 10.4. The minimum Gasteiger partial charge on any atom is -0.452 e. The molecule has 2 amide bonds. The average molecular weight is 428 g/mol. The fourth-order valence-corrected chi connectivity index (χ4v) is 3.76. The van der Waals surface area contributed by atoms with Crippen molar-refractivity contribution in [3.63, 3.8) is 0 Å². The number of rotatable bonds is 8. The van der Waals surface area contributed by atoms with Crippen LogP contribution in [0.25, 0.3) is 0 Å². The maximum Gasteiger partial charge on any atom is 0.340 e. The van der Waals surface area contributed by atoms with Gasteiger partial charge in [0, 0.05) is 12.2 Å². The molecule has 0 atom stereocenters. The third-order valence-electron chi connectivity index (χ3n) is 4.69. The number of carbonyl (C=O) groups excluding carboxylic acids is 3. The van der Waals surface area contributed by atoms with E-state index in [2.05, 4.69) is 22.2 Å². The fraction of sp³-hybridized carbons (Fsp3) is 0.318. The van der Waals surface area contributed by atoms with E-state index >= 15 is 0 Å². The zero-order valence-electron chi connectivity index (χ0n) is 16.6. The van der Waals surface area contributed by atoms with Crippen molar-refractivity contribution in [3.8, 4) is 0 Å². The fourth-order valence-electron chi connectivity index (χ4n) is 3.15. The first kappa shape index (κ1) is 21.6. The van der Waals surface area contributed by atoms with E-state index in [1.165, 1.54) is 29.8 Å². The lowest BCUT2D eigenvalue weighted by atomic mass is 9.97. The number of carbonyl (C=O) groups is 3. The number of nitrogens with one attached hydrogen (secondary N) is 3. The molecule has 7 nitrogen and oxygen atoms in total. The Labute approximate surface area is 179 Å². The van der Waals surface area contributed by atoms with E-state index in [0.717, 1.165) is 25.8 Å². The zero-order valence-corrected chi connectivity index (χ0v) is 17.4. The molecule has 0 aliphatic heterocycles. The quantitative estimate of drug-likeness (QED) is 0.339. The molecule has 2 aromatic rings. The monoisotopic (exact) mass is 427 g/mol. The zero-order chi connectivity index (χ0) is 21.2. The van der Waals surface area contributed by atoms with E-state index in [-0.39, 0.29) is 0 Å². The Bertz CT molecular complexity index is 909. The van der Waals surface area contributed by atoms with Crippen LogP contribution in [0.4, 0.5) is 5.69 Å². The second kappa shape index (κ2) is 11.2. The largest absolute Gasteiger partial charge is 0.452 e. The molecule has 0 saturated heterocycles. The van der Waals surface area contributed by atoms with E-state index in [1.807, 2.05) is 12.1 Å². The number of esters is 1. The van der Waals surface area contributed by atoms with Crippen molar-refractivity contribution in [3.05, 3.63) is 63.9 Å². The van der Waals surface area contributed by atoms with Crippen molar-refractivity contribution >= 4 is 34.8 Å². The number of ether oxygens (including phenoxy) is 1. The second-order valence-corrected chi connectivity index (χ2v) is 7.83. The Morgan fingerprint density at radius 1 is 1.03 bits per heavy atom. The van der Waals surface area contributed by atoms with Gasteiger partial charge in [0.1, 0.15) is 0 Å². The van der Waals surface area contributed by atoms with Gasteiger partial charge in [-0.3, -0.25) is 20.4 Å². The highest BCUT2D eigenvalue weighted by Gasteiger charge is 2.15. The van der Waals surface area contributed by atoms with Gasteiger partial charge in [0.2, 0.25) is 0 Å². The normalized spacial score (nSPS) is 13.1. The summed E-state index contributed by atoms with van der Waals surface area (Å²) in [5.74, 6) is -1.65. The van der Waals surface area contributed by atoms with Crippen LogP contribution in [-0.4, -0.2) is 30.9 Å². The minimum absolute atomic E-state index is 0.366. The third kappa shape index (κ3) is 6.45. The topological polar surface area (TPSA) is 96.5 Å². The Balaban J connectivity index is 1.44. The molecule has 0 unspecified atom stereocenters. The molecule has 1 aromatic heterocycles. The molecule has 0 bridgehead atoms. The van der Waals surface area contributed by atoms with E-state index in [4.69, 9.17) is 4.74 Å². The number of para-hydroxylation sites is 1. The van der Waals surface area contributed by atoms with Crippen LogP contribution in [0.5, 0.6) is 0 Å². The van der Waals surface area contributed by atoms with Gasteiger partial charge in [0.15, 0.2) is 6.61 Å². The molecule has 8 heteroatoms. The summed E-state index contributed by atoms with van der Waals surface area (Å²) in [6.45, 7) is 0.232. The van der Waals surface area contributed by atoms with Crippen LogP contribution in [0.3, 0.4) is 0 Å². The average Bonchev–Trinajstić information content (AvgIpc) is 3.32. The molecule has 30 heavy (non-hydrogen) atoms. The summed E-state index contributed by atoms with van der Waals surface area (Å²) < 4.78 is 5.10. The highest BCUT2D eigenvalue weighted by molar-refractivity contribution is 7.12. The molecule has 1 aromatic carbocycles. The van der Waals surface area contributed by atoms with Crippen molar-refractivity contribution in [1.29, 1.82) is 0 Å². The van der Waals surface area contributed by atoms with Gasteiger partial charge in [-0.1, -0.05) is 29.8 Å². The molecule has 3 rings (SSSR count). The predicted molar refractivity (Wildman–Crippen MR) is 116 cm³/mol. The van der Waals surface area contributed by atoms with Gasteiger partial charge in [0.25, 0.3) is 11.8 Å². The minimum atomic E-state index is -0.622. The van der Waals surface area contributed by atoms with Crippen molar-refractivity contribution in [2.75, 3.05) is 18.5 Å². The number of allylic oxidation sites excluding steroid dienone is 1. The smallest absolute Gasteiger partial charge is 0.340 e. The van der Waals surface area contributed by atoms with Crippen molar-refractivity contribution < 1.29 is 19.1 Å². The van der Waals surface area contributed by atoms with Crippen molar-refractivity contribution in [1.82, 2.24) is 10.9 Å². The first-order chi connectivity index (χ1) is 14.6. The Morgan fingerprint density at radius 2 is 1.90 bits per heavy atom. The first-order valence-corrected chi connectivity index (χ1v) is 10.8. The maximum atomic E-state index is 12.4. The number of amides is 2. The third-order valence-corrected chi connectivity index (χ3v) is 5.56. The Kier molecular flexibility index (Phi) is 8.02. The molecular weight excluding hydrogens is 402 g/mol. The summed E-state index contributed by atoms with van der Waals surface area (Å²) >= 11 is 1.26. The second-order valence-electron chi connectivity index (χ2n) is 6.89. The van der Waals surface area contributed by atoms with Gasteiger partial charge in [-0.15, -0.1) is 11.3 Å². The van der Waals surface area contributed by atoms with Crippen LogP contribution in [0.2, 0.25) is 0 Å². The SMILES string of the molecule is O=C(COC(=O)c1ccccc1NCCC1=CCCCC1)NNC(=O)c1cccs1. The number of thiophene rings is 1. The van der Waals surface area contributed by atoms with E-state index in [0.29, 0.717) is 16.1 Å². The summed E-state index contributed by atoms with van der Waals surface area (Å²) in [6.07, 6.45) is 8.04. The standard InChI is InChI=1S/C22H25N3O4S/c26-20(24-25-21(27)19-11-6-14-30-19)15-29-22(28)17-9-4-5-10-18(17)23-13-12-16-7-2-1-3-8-16/h4-7,9-11,14,23H,1-3,8,12-13,15H2,(H,24,26)(H,25,27). The van der Waals surface area contributed by atoms with Crippen LogP contribution in [0.1, 0.15) is 52.1 Å². The molecular formula is C22H25N3O4S. The van der Waals surface area contributed by atoms with Gasteiger partial charge in [-0.05, 0) is 55.7 Å². The van der Waals surface area contributed by atoms with Crippen LogP contribution in [0, 0.1) is 0 Å². The molecule has 0 saturated carbocycles. The lowest BCUT2D eigenvalue weighted by molar-refractivity contribution is -0.125. The van der Waals surface area contributed by atoms with Gasteiger partial charge < -0.3 is 10.1 Å². The molecule has 1 aliphatic carbocycles. The van der Waals surface area contributed by atoms with E-state index in [1.54, 1.807) is 29.6 Å². The molecule has 0 fully saturated rings. The van der Waals surface area contributed by atoms with E-state index in [9.17, 15) is 14.4 Å². The number of hydrogen-bond acceptors (Lipinski definition) is 6. The summed E-state index contributed by atoms with van der Waals surface area (Å²) in [7, 11) is 0. The van der Waals surface area contributed by atoms with Gasteiger partial charge in [-0.2, -0.15) is 0 Å². The van der Waals surface area contributed by atoms with Gasteiger partial charge >= 0.3 is 5.97 Å². The lowest BCUT2D eigenvalue weighted by Crippen LogP contribution is -2.43. The molecule has 1 heterocycles. The molecule has 0 radical (unpaired) electrons. The predicted octanol–water partition coefficient (Wildman–Crippen LogP) is 3.67. The molecule has 0 spiro atoms. The summed E-state index contributed by atoms with van der Waals surface area (Å²) in [5, 5.41) is 5.05. The van der Waals surface area contributed by atoms with Gasteiger partial charge in [-0.25, -0.2) is 4.79 Å². The Morgan fingerprint density at radius 3 is 2.67 bits per heavy atom. The first-order valence-electron chi connectivity index (χ1n) is 9.94. The lowest BCUT2D eigenvalue weighted by Gasteiger charge is -2.15. The number of hydrazine groups is 1. The Hall–Kier alpha value is -3.13. The van der Waals surface area contributed by atoms with Crippen LogP contribution in [0.15, 0.2) is 53.4 Å². The van der Waals surface area contributed by atoms with Crippen molar-refractivity contribution in [2.24, 2.45) is 0 Å².